The van der Waals surface area contributed by atoms with Gasteiger partial charge < -0.3 is 25.1 Å². The van der Waals surface area contributed by atoms with Gasteiger partial charge in [-0.15, -0.1) is 0 Å². The van der Waals surface area contributed by atoms with E-state index in [4.69, 9.17) is 15.2 Å². The zero-order valence-electron chi connectivity index (χ0n) is 18.8. The van der Waals surface area contributed by atoms with E-state index in [9.17, 15) is 4.79 Å². The first-order valence-corrected chi connectivity index (χ1v) is 14.1. The number of nitrogens with zero attached hydrogens (tertiary/aromatic N) is 3. The van der Waals surface area contributed by atoms with Crippen LogP contribution in [0.25, 0.3) is 11.2 Å². The van der Waals surface area contributed by atoms with Gasteiger partial charge in [0.05, 0.1) is 11.8 Å². The molecule has 0 saturated carbocycles. The van der Waals surface area contributed by atoms with Crippen LogP contribution in [-0.2, 0) is 11.5 Å². The molecular weight excluding hydrogens is 410 g/mol. The number of hydrogen-bond acceptors (Lipinski definition) is 6. The molecule has 31 heavy (non-hydrogen) atoms. The van der Waals surface area contributed by atoms with Crippen molar-refractivity contribution in [2.75, 3.05) is 12.3 Å². The fourth-order valence-corrected chi connectivity index (χ4v) is 3.69. The van der Waals surface area contributed by atoms with Crippen LogP contribution in [0, 0.1) is 0 Å². The van der Waals surface area contributed by atoms with E-state index in [-0.39, 0.29) is 17.8 Å². The topological polar surface area (TPSA) is 104 Å². The number of anilines is 1. The van der Waals surface area contributed by atoms with E-state index < -0.39 is 8.07 Å². The number of hydrogen-bond donors (Lipinski definition) is 2. The Labute approximate surface area is 183 Å². The van der Waals surface area contributed by atoms with E-state index in [1.165, 1.54) is 6.20 Å². The lowest BCUT2D eigenvalue weighted by Gasteiger charge is -2.15. The number of carbonyl (C=O) groups is 1. The van der Waals surface area contributed by atoms with Gasteiger partial charge in [0, 0.05) is 38.7 Å². The van der Waals surface area contributed by atoms with Crippen molar-refractivity contribution < 1.29 is 14.3 Å². The molecule has 0 aliphatic rings. The molecule has 2 aromatic heterocycles. The lowest BCUT2D eigenvalue weighted by Crippen LogP contribution is -2.30. The molecule has 0 saturated heterocycles. The highest BCUT2D eigenvalue weighted by Crippen LogP contribution is 2.25. The highest BCUT2D eigenvalue weighted by molar-refractivity contribution is 6.76. The first kappa shape index (κ1) is 22.8. The van der Waals surface area contributed by atoms with Crippen molar-refractivity contribution in [3.63, 3.8) is 0 Å². The monoisotopic (exact) mass is 441 g/mol. The summed E-state index contributed by atoms with van der Waals surface area (Å²) in [6.45, 7) is 11.7. The minimum Gasteiger partial charge on any atom is -0.437 e. The van der Waals surface area contributed by atoms with E-state index in [0.717, 1.165) is 6.04 Å². The molecule has 9 heteroatoms. The van der Waals surface area contributed by atoms with Crippen LogP contribution in [-0.4, -0.2) is 41.2 Å². The molecule has 0 fully saturated rings. The van der Waals surface area contributed by atoms with Crippen LogP contribution in [0.5, 0.6) is 11.6 Å². The third-order valence-corrected chi connectivity index (χ3v) is 6.22. The van der Waals surface area contributed by atoms with Crippen LogP contribution in [0.2, 0.25) is 25.7 Å². The molecule has 3 aromatic rings. The Hall–Kier alpha value is -2.91. The van der Waals surface area contributed by atoms with Gasteiger partial charge in [0.25, 0.3) is 5.91 Å². The Morgan fingerprint density at radius 3 is 2.74 bits per heavy atom. The number of nitrogens with two attached hydrogens (primary N) is 1. The van der Waals surface area contributed by atoms with Gasteiger partial charge in [-0.05, 0) is 32.0 Å². The van der Waals surface area contributed by atoms with E-state index in [1.54, 1.807) is 30.5 Å². The summed E-state index contributed by atoms with van der Waals surface area (Å²) in [5, 5.41) is 2.92. The maximum absolute atomic E-state index is 12.8. The smallest absolute Gasteiger partial charge is 0.255 e. The van der Waals surface area contributed by atoms with E-state index in [0.29, 0.717) is 41.5 Å². The van der Waals surface area contributed by atoms with Gasteiger partial charge in [-0.2, -0.15) is 0 Å². The summed E-state index contributed by atoms with van der Waals surface area (Å²) in [6.07, 6.45) is 3.27. The van der Waals surface area contributed by atoms with Crippen LogP contribution < -0.4 is 15.8 Å². The Morgan fingerprint density at radius 1 is 1.29 bits per heavy atom. The van der Waals surface area contributed by atoms with Crippen LogP contribution >= 0.6 is 0 Å². The predicted molar refractivity (Wildman–Crippen MR) is 125 cm³/mol. The molecular formula is C22H31N5O3Si. The zero-order chi connectivity index (χ0) is 22.6. The molecule has 2 heterocycles. The van der Waals surface area contributed by atoms with Gasteiger partial charge in [0.15, 0.2) is 5.65 Å². The number of rotatable bonds is 9. The summed E-state index contributed by atoms with van der Waals surface area (Å²) in [5.41, 5.74) is 7.88. The summed E-state index contributed by atoms with van der Waals surface area (Å²) in [5.74, 6) is 0.626. The molecule has 8 nitrogen and oxygen atoms in total. The number of carbonyl (C=O) groups excluding carboxylic acids is 1. The second-order valence-electron chi connectivity index (χ2n) is 9.04. The lowest BCUT2D eigenvalue weighted by atomic mass is 10.2. The minimum absolute atomic E-state index is 0.00131. The average molecular weight is 442 g/mol. The molecule has 0 spiro atoms. The molecule has 0 aliphatic heterocycles. The number of benzene rings is 1. The van der Waals surface area contributed by atoms with Crippen LogP contribution in [0.4, 0.5) is 5.69 Å². The molecule has 1 amide bonds. The Kier molecular flexibility index (Phi) is 6.96. The van der Waals surface area contributed by atoms with E-state index >= 15 is 0 Å². The van der Waals surface area contributed by atoms with E-state index in [2.05, 4.69) is 34.9 Å². The minimum atomic E-state index is -1.18. The van der Waals surface area contributed by atoms with Crippen LogP contribution in [0.3, 0.4) is 0 Å². The summed E-state index contributed by atoms with van der Waals surface area (Å²) in [7, 11) is -1.18. The Balaban J connectivity index is 1.89. The Morgan fingerprint density at radius 2 is 2.06 bits per heavy atom. The van der Waals surface area contributed by atoms with E-state index in [1.807, 2.05) is 18.4 Å². The molecule has 0 bridgehead atoms. The van der Waals surface area contributed by atoms with Crippen molar-refractivity contribution in [2.45, 2.75) is 52.3 Å². The number of fused-ring (bicyclic) bond motifs is 1. The molecule has 0 atom stereocenters. The van der Waals surface area contributed by atoms with Crippen LogP contribution in [0.1, 0.15) is 24.2 Å². The number of ether oxygens (including phenoxy) is 2. The maximum Gasteiger partial charge on any atom is 0.255 e. The molecule has 1 aromatic carbocycles. The number of amides is 1. The standard InChI is InChI=1S/C22H31N5O3Si/c1-15(2)25-22(28)18-13-27(14-29-9-10-31(3,4)5)21-20(18)26-19(12-24-21)30-17-8-6-7-16(23)11-17/h6-8,11-13,15H,9-10,14,23H2,1-5H3,(H,25,28). The van der Waals surface area contributed by atoms with Gasteiger partial charge in [-0.25, -0.2) is 9.97 Å². The van der Waals surface area contributed by atoms with Gasteiger partial charge >= 0.3 is 0 Å². The van der Waals surface area contributed by atoms with Gasteiger partial charge in [-0.3, -0.25) is 4.79 Å². The molecule has 166 valence electrons. The highest BCUT2D eigenvalue weighted by Gasteiger charge is 2.20. The molecule has 0 unspecified atom stereocenters. The zero-order valence-corrected chi connectivity index (χ0v) is 19.8. The van der Waals surface area contributed by atoms with Crippen molar-refractivity contribution >= 4 is 30.8 Å². The number of nitrogens with one attached hydrogen (secondary N) is 1. The van der Waals surface area contributed by atoms with Crippen molar-refractivity contribution in [1.82, 2.24) is 19.9 Å². The predicted octanol–water partition coefficient (Wildman–Crippen LogP) is 4.26. The summed E-state index contributed by atoms with van der Waals surface area (Å²) < 4.78 is 13.5. The maximum atomic E-state index is 12.8. The van der Waals surface area contributed by atoms with Crippen LogP contribution in [0.15, 0.2) is 36.7 Å². The largest absolute Gasteiger partial charge is 0.437 e. The lowest BCUT2D eigenvalue weighted by molar-refractivity contribution is 0.0890. The molecule has 0 radical (unpaired) electrons. The normalized spacial score (nSPS) is 11.8. The van der Waals surface area contributed by atoms with Crippen molar-refractivity contribution in [2.24, 2.45) is 0 Å². The first-order chi connectivity index (χ1) is 14.6. The highest BCUT2D eigenvalue weighted by atomic mass is 28.3. The van der Waals surface area contributed by atoms with Crippen molar-refractivity contribution in [3.05, 3.63) is 42.2 Å². The fraction of sp³-hybridized carbons (Fsp3) is 0.409. The fourth-order valence-electron chi connectivity index (χ4n) is 2.93. The first-order valence-electron chi connectivity index (χ1n) is 10.4. The van der Waals surface area contributed by atoms with Gasteiger partial charge in [-0.1, -0.05) is 25.7 Å². The van der Waals surface area contributed by atoms with Crippen molar-refractivity contribution in [3.8, 4) is 11.6 Å². The number of aromatic nitrogens is 3. The quantitative estimate of drug-likeness (QED) is 0.292. The SMILES string of the molecule is CC(C)NC(=O)c1cn(COCC[Si](C)(C)C)c2ncc(Oc3cccc(N)c3)nc12. The molecule has 3 rings (SSSR count). The third-order valence-electron chi connectivity index (χ3n) is 4.51. The van der Waals surface area contributed by atoms with Crippen molar-refractivity contribution in [1.29, 1.82) is 0 Å². The number of nitrogen functional groups attached to an aromatic ring is 1. The molecule has 3 N–H and O–H groups in total. The molecule has 0 aliphatic carbocycles. The second kappa shape index (κ2) is 9.48. The third kappa shape index (κ3) is 6.28. The second-order valence-corrected chi connectivity index (χ2v) is 14.7. The summed E-state index contributed by atoms with van der Waals surface area (Å²) in [4.78, 5) is 21.8. The van der Waals surface area contributed by atoms with Gasteiger partial charge in [0.1, 0.15) is 18.0 Å². The Bertz CT molecular complexity index is 1060. The summed E-state index contributed by atoms with van der Waals surface area (Å²) >= 11 is 0. The summed E-state index contributed by atoms with van der Waals surface area (Å²) in [6, 6.07) is 8.13. The average Bonchev–Trinajstić information content (AvgIpc) is 3.02. The van der Waals surface area contributed by atoms with Gasteiger partial charge in [0.2, 0.25) is 5.88 Å².